The molecule has 0 saturated heterocycles. The first-order chi connectivity index (χ1) is 20.0. The van der Waals surface area contributed by atoms with Crippen LogP contribution in [-0.2, 0) is 14.9 Å². The molecule has 5 rings (SSSR count). The van der Waals surface area contributed by atoms with Gasteiger partial charge < -0.3 is 21.5 Å². The molecule has 2 aromatic heterocycles. The Bertz CT molecular complexity index is 1670. The lowest BCUT2D eigenvalue weighted by Gasteiger charge is -2.19. The summed E-state index contributed by atoms with van der Waals surface area (Å²) in [5, 5.41) is 6.52. The molecular weight excluding hydrogens is 547 g/mol. The summed E-state index contributed by atoms with van der Waals surface area (Å²) >= 11 is 0. The zero-order chi connectivity index (χ0) is 30.0. The molecular formula is C30H28F3N7O2. The van der Waals surface area contributed by atoms with Crippen molar-refractivity contribution in [1.29, 1.82) is 0 Å². The Hall–Kier alpha value is -5.13. The van der Waals surface area contributed by atoms with Crippen molar-refractivity contribution >= 4 is 17.3 Å². The monoisotopic (exact) mass is 575 g/mol. The second-order valence-corrected chi connectivity index (χ2v) is 10.3. The molecule has 1 aliphatic rings. The van der Waals surface area contributed by atoms with E-state index in [0.717, 1.165) is 6.08 Å². The molecule has 0 aliphatic heterocycles. The van der Waals surface area contributed by atoms with E-state index in [1.54, 1.807) is 24.3 Å². The Kier molecular flexibility index (Phi) is 7.70. The number of fused-ring (bicyclic) bond motifs is 3. The van der Waals surface area contributed by atoms with Crippen LogP contribution in [0.5, 0.6) is 0 Å². The summed E-state index contributed by atoms with van der Waals surface area (Å²) in [7, 11) is 0. The first-order valence-electron chi connectivity index (χ1n) is 13.0. The molecule has 0 saturated carbocycles. The molecule has 0 fully saturated rings. The van der Waals surface area contributed by atoms with Crippen molar-refractivity contribution in [1.82, 2.24) is 19.9 Å². The van der Waals surface area contributed by atoms with Crippen LogP contribution in [0.3, 0.4) is 0 Å². The van der Waals surface area contributed by atoms with Gasteiger partial charge in [0.25, 0.3) is 0 Å². The standard InChI is InChI=1S/C30H28F3N7O2/c1-30(2)15-19(20-16-36-24-14-22(31)39-40(24)26(20)30)28(41)38-23(34)13-21(27(35)42-29(32)33)37-25(17-9-5-3-6-10-17)18-11-7-4-8-12-18/h3-14,16,19,29H,15,34-35H2,1-2H3,(H,38,41)/b23-13+,27-21-. The lowest BCUT2D eigenvalue weighted by Crippen LogP contribution is -2.32. The number of benzene rings is 2. The molecule has 2 aromatic carbocycles. The number of halogens is 3. The van der Waals surface area contributed by atoms with Gasteiger partial charge in [-0.25, -0.2) is 14.5 Å². The summed E-state index contributed by atoms with van der Waals surface area (Å²) in [6, 6.07) is 19.3. The minimum atomic E-state index is -3.22. The van der Waals surface area contributed by atoms with E-state index in [1.807, 2.05) is 50.2 Å². The number of nitrogens with two attached hydrogens (primary N) is 2. The Labute approximate surface area is 239 Å². The molecule has 9 nitrogen and oxygen atoms in total. The molecule has 0 spiro atoms. The van der Waals surface area contributed by atoms with Crippen LogP contribution in [0.4, 0.5) is 13.2 Å². The Morgan fingerprint density at radius 2 is 1.74 bits per heavy atom. The number of hydrogen-bond acceptors (Lipinski definition) is 7. The molecule has 12 heteroatoms. The number of aliphatic imine (C=N–C) groups is 1. The largest absolute Gasteiger partial charge is 0.417 e. The molecule has 216 valence electrons. The number of aromatic nitrogens is 3. The van der Waals surface area contributed by atoms with E-state index in [4.69, 9.17) is 11.5 Å². The van der Waals surface area contributed by atoms with Crippen molar-refractivity contribution in [2.75, 3.05) is 0 Å². The minimum absolute atomic E-state index is 0.203. The molecule has 1 aliphatic carbocycles. The van der Waals surface area contributed by atoms with Crippen molar-refractivity contribution in [3.63, 3.8) is 0 Å². The smallest absolute Gasteiger partial charge is 0.388 e. The highest BCUT2D eigenvalue weighted by atomic mass is 19.3. The maximum absolute atomic E-state index is 13.9. The Morgan fingerprint density at radius 3 is 2.33 bits per heavy atom. The van der Waals surface area contributed by atoms with E-state index in [-0.39, 0.29) is 11.5 Å². The number of carbonyl (C=O) groups excluding carboxylic acids is 1. The van der Waals surface area contributed by atoms with Crippen LogP contribution in [-0.4, -0.2) is 32.8 Å². The van der Waals surface area contributed by atoms with E-state index in [0.29, 0.717) is 40.2 Å². The zero-order valence-corrected chi connectivity index (χ0v) is 22.8. The van der Waals surface area contributed by atoms with Gasteiger partial charge in [0.1, 0.15) is 11.5 Å². The molecule has 4 aromatic rings. The molecule has 0 radical (unpaired) electrons. The number of alkyl halides is 2. The van der Waals surface area contributed by atoms with E-state index < -0.39 is 35.7 Å². The maximum atomic E-state index is 13.9. The SMILES string of the molecule is CC1(C)CC(C(=O)N/C(N)=C/C(N=C(c2ccccc2)c2ccccc2)=C(\N)OC(F)F)c2cnc3cc(F)nn3c21. The van der Waals surface area contributed by atoms with Gasteiger partial charge in [-0.15, -0.1) is 5.10 Å². The third kappa shape index (κ3) is 5.82. The number of carbonyl (C=O) groups is 1. The minimum Gasteiger partial charge on any atom is -0.417 e. The highest BCUT2D eigenvalue weighted by Gasteiger charge is 2.43. The maximum Gasteiger partial charge on any atom is 0.388 e. The fraction of sp³-hybridized carbons (Fsp3) is 0.200. The molecule has 5 N–H and O–H groups in total. The number of hydrogen-bond donors (Lipinski definition) is 3. The fourth-order valence-electron chi connectivity index (χ4n) is 5.14. The van der Waals surface area contributed by atoms with Gasteiger partial charge in [0.15, 0.2) is 5.65 Å². The van der Waals surface area contributed by atoms with E-state index in [9.17, 15) is 18.0 Å². The number of ether oxygens (including phenoxy) is 1. The summed E-state index contributed by atoms with van der Waals surface area (Å²) in [6.45, 7) is 0.624. The van der Waals surface area contributed by atoms with Crippen molar-refractivity contribution in [2.24, 2.45) is 16.5 Å². The van der Waals surface area contributed by atoms with Crippen LogP contribution in [0, 0.1) is 5.95 Å². The molecule has 1 amide bonds. The van der Waals surface area contributed by atoms with Crippen molar-refractivity contribution in [3.05, 3.63) is 125 Å². The Balaban J connectivity index is 1.50. The lowest BCUT2D eigenvalue weighted by molar-refractivity contribution is -0.122. The normalized spacial score (nSPS) is 16.6. The zero-order valence-electron chi connectivity index (χ0n) is 22.8. The van der Waals surface area contributed by atoms with Gasteiger partial charge in [-0.2, -0.15) is 13.2 Å². The summed E-state index contributed by atoms with van der Waals surface area (Å²) in [4.78, 5) is 22.2. The highest BCUT2D eigenvalue weighted by Crippen LogP contribution is 2.45. The van der Waals surface area contributed by atoms with Crippen molar-refractivity contribution in [2.45, 2.75) is 38.2 Å². The average Bonchev–Trinajstić information content (AvgIpc) is 3.46. The van der Waals surface area contributed by atoms with Gasteiger partial charge in [0.2, 0.25) is 17.7 Å². The number of nitrogens with one attached hydrogen (secondary N) is 1. The van der Waals surface area contributed by atoms with E-state index in [2.05, 4.69) is 25.1 Å². The summed E-state index contributed by atoms with van der Waals surface area (Å²) in [6.07, 6.45) is 3.06. The second-order valence-electron chi connectivity index (χ2n) is 10.3. The average molecular weight is 576 g/mol. The lowest BCUT2D eigenvalue weighted by atomic mass is 9.88. The van der Waals surface area contributed by atoms with E-state index >= 15 is 0 Å². The van der Waals surface area contributed by atoms with Gasteiger partial charge in [-0.3, -0.25) is 4.79 Å². The van der Waals surface area contributed by atoms with Crippen molar-refractivity contribution in [3.8, 4) is 0 Å². The van der Waals surface area contributed by atoms with Gasteiger partial charge >= 0.3 is 6.61 Å². The van der Waals surface area contributed by atoms with Gasteiger partial charge in [-0.05, 0) is 6.42 Å². The molecule has 0 bridgehead atoms. The van der Waals surface area contributed by atoms with Crippen LogP contribution >= 0.6 is 0 Å². The number of amides is 1. The van der Waals surface area contributed by atoms with Crippen LogP contribution in [0.15, 0.2) is 101 Å². The van der Waals surface area contributed by atoms with Crippen LogP contribution in [0.2, 0.25) is 0 Å². The van der Waals surface area contributed by atoms with Crippen molar-refractivity contribution < 1.29 is 22.7 Å². The molecule has 1 unspecified atom stereocenters. The summed E-state index contributed by atoms with van der Waals surface area (Å²) in [5.74, 6) is -2.74. The molecule has 2 heterocycles. The summed E-state index contributed by atoms with van der Waals surface area (Å²) in [5.41, 5.74) is 14.7. The van der Waals surface area contributed by atoms with Gasteiger partial charge in [-0.1, -0.05) is 74.5 Å². The van der Waals surface area contributed by atoms with Crippen LogP contribution in [0.1, 0.15) is 48.6 Å². The third-order valence-corrected chi connectivity index (χ3v) is 6.88. The van der Waals surface area contributed by atoms with Gasteiger partial charge in [0, 0.05) is 40.4 Å². The predicted octanol–water partition coefficient (Wildman–Crippen LogP) is 4.45. The Morgan fingerprint density at radius 1 is 1.12 bits per heavy atom. The number of allylic oxidation sites excluding steroid dienone is 1. The topological polar surface area (TPSA) is 133 Å². The summed E-state index contributed by atoms with van der Waals surface area (Å²) < 4.78 is 46.1. The predicted molar refractivity (Wildman–Crippen MR) is 151 cm³/mol. The second kappa shape index (κ2) is 11.4. The van der Waals surface area contributed by atoms with Gasteiger partial charge in [0.05, 0.1) is 17.3 Å². The fourth-order valence-corrected chi connectivity index (χ4v) is 5.14. The third-order valence-electron chi connectivity index (χ3n) is 6.88. The number of rotatable bonds is 8. The molecule has 42 heavy (non-hydrogen) atoms. The van der Waals surface area contributed by atoms with Crippen LogP contribution < -0.4 is 16.8 Å². The van der Waals surface area contributed by atoms with Crippen LogP contribution in [0.25, 0.3) is 5.65 Å². The first-order valence-corrected chi connectivity index (χ1v) is 13.0. The number of nitrogens with zero attached hydrogens (tertiary/aromatic N) is 4. The van der Waals surface area contributed by atoms with E-state index in [1.165, 1.54) is 16.8 Å². The molecule has 1 atom stereocenters. The first kappa shape index (κ1) is 28.4. The highest BCUT2D eigenvalue weighted by molar-refractivity contribution is 6.13. The quantitative estimate of drug-likeness (QED) is 0.162.